The number of amides is 3. The van der Waals surface area contributed by atoms with Crippen LogP contribution in [0.3, 0.4) is 0 Å². The van der Waals surface area contributed by atoms with Crippen molar-refractivity contribution in [1.29, 1.82) is 0 Å². The van der Waals surface area contributed by atoms with Gasteiger partial charge >= 0.3 is 6.03 Å². The molecule has 0 saturated carbocycles. The van der Waals surface area contributed by atoms with E-state index in [0.29, 0.717) is 11.3 Å². The third kappa shape index (κ3) is 4.95. The zero-order valence-electron chi connectivity index (χ0n) is 13.3. The molecule has 0 fully saturated rings. The third-order valence-electron chi connectivity index (χ3n) is 3.46. The van der Waals surface area contributed by atoms with Crippen LogP contribution >= 0.6 is 0 Å². The molecule has 6 heteroatoms. The molecule has 0 unspecified atom stereocenters. The highest BCUT2D eigenvalue weighted by Gasteiger charge is 2.17. The maximum Gasteiger partial charge on any atom is 0.312 e. The van der Waals surface area contributed by atoms with Crippen LogP contribution in [0.15, 0.2) is 54.6 Å². The van der Waals surface area contributed by atoms with Gasteiger partial charge in [0.1, 0.15) is 0 Å². The third-order valence-corrected chi connectivity index (χ3v) is 3.46. The Balaban J connectivity index is 2.09. The van der Waals surface area contributed by atoms with Gasteiger partial charge < -0.3 is 16.4 Å². The van der Waals surface area contributed by atoms with Crippen molar-refractivity contribution in [2.45, 2.75) is 19.4 Å². The number of primary amides is 1. The maximum absolute atomic E-state index is 12.3. The minimum absolute atomic E-state index is 0.0251. The summed E-state index contributed by atoms with van der Waals surface area (Å²) in [5, 5.41) is 5.29. The monoisotopic (exact) mass is 325 g/mol. The number of nitrogens with one attached hydrogen (secondary N) is 2. The van der Waals surface area contributed by atoms with Gasteiger partial charge in [0.15, 0.2) is 5.78 Å². The molecule has 2 rings (SSSR count). The van der Waals surface area contributed by atoms with Gasteiger partial charge in [0.05, 0.1) is 12.5 Å². The maximum atomic E-state index is 12.3. The summed E-state index contributed by atoms with van der Waals surface area (Å²) in [5.74, 6) is -0.373. The standard InChI is InChI=1S/C18H19N3O3/c1-12(22)14-8-5-9-15(10-14)20-17(23)11-16(21-18(19)24)13-6-3-2-4-7-13/h2-10,16H,11H2,1H3,(H,20,23)(H3,19,21,24)/t16-/m1/s1. The van der Waals surface area contributed by atoms with Crippen LogP contribution in [0.5, 0.6) is 0 Å². The molecule has 4 N–H and O–H groups in total. The Morgan fingerprint density at radius 1 is 1.04 bits per heavy atom. The number of Topliss-reactive ketones (excluding diaryl/α,β-unsaturated/α-hetero) is 1. The lowest BCUT2D eigenvalue weighted by Gasteiger charge is -2.17. The molecule has 0 saturated heterocycles. The number of carbonyl (C=O) groups excluding carboxylic acids is 3. The topological polar surface area (TPSA) is 101 Å². The quantitative estimate of drug-likeness (QED) is 0.712. The van der Waals surface area contributed by atoms with Gasteiger partial charge in [-0.2, -0.15) is 0 Å². The molecule has 0 aliphatic rings. The molecule has 1 atom stereocenters. The summed E-state index contributed by atoms with van der Waals surface area (Å²) in [6.45, 7) is 1.46. The van der Waals surface area contributed by atoms with Gasteiger partial charge in [-0.25, -0.2) is 4.79 Å². The van der Waals surface area contributed by atoms with E-state index in [1.54, 1.807) is 24.3 Å². The molecule has 2 aromatic carbocycles. The zero-order chi connectivity index (χ0) is 17.5. The number of carbonyl (C=O) groups is 3. The average Bonchev–Trinajstić information content (AvgIpc) is 2.55. The molecular weight excluding hydrogens is 306 g/mol. The molecular formula is C18H19N3O3. The van der Waals surface area contributed by atoms with Crippen molar-refractivity contribution in [2.24, 2.45) is 5.73 Å². The Kier molecular flexibility index (Phi) is 5.68. The number of rotatable bonds is 6. The molecule has 0 radical (unpaired) electrons. The second kappa shape index (κ2) is 7.92. The van der Waals surface area contributed by atoms with Gasteiger partial charge in [-0.1, -0.05) is 42.5 Å². The summed E-state index contributed by atoms with van der Waals surface area (Å²) >= 11 is 0. The van der Waals surface area contributed by atoms with Crippen LogP contribution in [-0.2, 0) is 4.79 Å². The fraction of sp³-hybridized carbons (Fsp3) is 0.167. The van der Waals surface area contributed by atoms with E-state index in [0.717, 1.165) is 5.56 Å². The van der Waals surface area contributed by atoms with E-state index < -0.39 is 12.1 Å². The largest absolute Gasteiger partial charge is 0.352 e. The molecule has 0 aliphatic heterocycles. The molecule has 24 heavy (non-hydrogen) atoms. The second-order valence-corrected chi connectivity index (χ2v) is 5.36. The van der Waals surface area contributed by atoms with E-state index in [2.05, 4.69) is 10.6 Å². The van der Waals surface area contributed by atoms with Crippen LogP contribution in [0, 0.1) is 0 Å². The van der Waals surface area contributed by atoms with E-state index in [1.807, 2.05) is 30.3 Å². The summed E-state index contributed by atoms with van der Waals surface area (Å²) in [6, 6.07) is 14.6. The van der Waals surface area contributed by atoms with Crippen molar-refractivity contribution in [3.8, 4) is 0 Å². The number of hydrogen-bond donors (Lipinski definition) is 3. The van der Waals surface area contributed by atoms with Gasteiger partial charge in [-0.05, 0) is 24.6 Å². The van der Waals surface area contributed by atoms with Gasteiger partial charge in [-0.3, -0.25) is 9.59 Å². The smallest absolute Gasteiger partial charge is 0.312 e. The predicted octanol–water partition coefficient (Wildman–Crippen LogP) is 2.63. The SMILES string of the molecule is CC(=O)c1cccc(NC(=O)C[C@@H](NC(N)=O)c2ccccc2)c1. The van der Waals surface area contributed by atoms with Crippen molar-refractivity contribution in [3.05, 3.63) is 65.7 Å². The van der Waals surface area contributed by atoms with Crippen LogP contribution in [0.25, 0.3) is 0 Å². The normalized spacial score (nSPS) is 11.4. The summed E-state index contributed by atoms with van der Waals surface area (Å²) in [4.78, 5) is 34.8. The molecule has 0 spiro atoms. The Labute approximate surface area is 140 Å². The molecule has 0 heterocycles. The fourth-order valence-corrected chi connectivity index (χ4v) is 2.32. The first-order valence-corrected chi connectivity index (χ1v) is 7.47. The highest BCUT2D eigenvalue weighted by molar-refractivity contribution is 5.97. The van der Waals surface area contributed by atoms with E-state index >= 15 is 0 Å². The second-order valence-electron chi connectivity index (χ2n) is 5.36. The lowest BCUT2D eigenvalue weighted by Crippen LogP contribution is -2.35. The van der Waals surface area contributed by atoms with Crippen molar-refractivity contribution in [2.75, 3.05) is 5.32 Å². The number of benzene rings is 2. The van der Waals surface area contributed by atoms with Gasteiger partial charge in [0.25, 0.3) is 0 Å². The van der Waals surface area contributed by atoms with Gasteiger partial charge in [0.2, 0.25) is 5.91 Å². The van der Waals surface area contributed by atoms with Crippen molar-refractivity contribution >= 4 is 23.4 Å². The van der Waals surface area contributed by atoms with Crippen molar-refractivity contribution in [3.63, 3.8) is 0 Å². The van der Waals surface area contributed by atoms with E-state index in [-0.39, 0.29) is 18.1 Å². The Hall–Kier alpha value is -3.15. The van der Waals surface area contributed by atoms with Crippen LogP contribution in [0.4, 0.5) is 10.5 Å². The molecule has 0 bridgehead atoms. The van der Waals surface area contributed by atoms with Crippen molar-refractivity contribution < 1.29 is 14.4 Å². The Bertz CT molecular complexity index is 744. The van der Waals surface area contributed by atoms with Gasteiger partial charge in [-0.15, -0.1) is 0 Å². The predicted molar refractivity (Wildman–Crippen MR) is 91.6 cm³/mol. The highest BCUT2D eigenvalue weighted by atomic mass is 16.2. The molecule has 3 amide bonds. The minimum Gasteiger partial charge on any atom is -0.352 e. The summed E-state index contributed by atoms with van der Waals surface area (Å²) in [6.07, 6.45) is 0.0251. The Morgan fingerprint density at radius 3 is 2.38 bits per heavy atom. The Morgan fingerprint density at radius 2 is 1.75 bits per heavy atom. The molecule has 0 aromatic heterocycles. The molecule has 2 aromatic rings. The first kappa shape index (κ1) is 17.2. The molecule has 0 aliphatic carbocycles. The fourth-order valence-electron chi connectivity index (χ4n) is 2.32. The first-order chi connectivity index (χ1) is 11.5. The zero-order valence-corrected chi connectivity index (χ0v) is 13.3. The highest BCUT2D eigenvalue weighted by Crippen LogP contribution is 2.18. The molecule has 124 valence electrons. The van der Waals surface area contributed by atoms with E-state index in [9.17, 15) is 14.4 Å². The van der Waals surface area contributed by atoms with Crippen LogP contribution in [-0.4, -0.2) is 17.7 Å². The number of hydrogen-bond acceptors (Lipinski definition) is 3. The van der Waals surface area contributed by atoms with Gasteiger partial charge in [0, 0.05) is 11.3 Å². The number of ketones is 1. The summed E-state index contributed by atoms with van der Waals surface area (Å²) < 4.78 is 0. The van der Waals surface area contributed by atoms with E-state index in [1.165, 1.54) is 6.92 Å². The lowest BCUT2D eigenvalue weighted by molar-refractivity contribution is -0.116. The average molecular weight is 325 g/mol. The number of nitrogens with two attached hydrogens (primary N) is 1. The summed E-state index contributed by atoms with van der Waals surface area (Å²) in [7, 11) is 0. The first-order valence-electron chi connectivity index (χ1n) is 7.47. The van der Waals surface area contributed by atoms with Crippen LogP contribution in [0.2, 0.25) is 0 Å². The number of anilines is 1. The molecule has 6 nitrogen and oxygen atoms in total. The summed E-state index contributed by atoms with van der Waals surface area (Å²) in [5.41, 5.74) is 7.02. The van der Waals surface area contributed by atoms with Crippen molar-refractivity contribution in [1.82, 2.24) is 5.32 Å². The van der Waals surface area contributed by atoms with Crippen LogP contribution < -0.4 is 16.4 Å². The number of urea groups is 1. The minimum atomic E-state index is -0.699. The van der Waals surface area contributed by atoms with Crippen LogP contribution in [0.1, 0.15) is 35.3 Å². The van der Waals surface area contributed by atoms with E-state index in [4.69, 9.17) is 5.73 Å². The lowest BCUT2D eigenvalue weighted by atomic mass is 10.0.